The number of fused-ring (bicyclic) bond motifs is 11. The molecule has 0 fully saturated rings. The summed E-state index contributed by atoms with van der Waals surface area (Å²) < 4.78 is 32.7. The van der Waals surface area contributed by atoms with E-state index in [-0.39, 0.29) is 0 Å². The van der Waals surface area contributed by atoms with Gasteiger partial charge in [-0.15, -0.1) is 0 Å². The van der Waals surface area contributed by atoms with E-state index in [2.05, 4.69) is 83.3 Å². The first-order valence-corrected chi connectivity index (χ1v) is 26.4. The Labute approximate surface area is 398 Å². The lowest BCUT2D eigenvalue weighted by molar-refractivity contribution is 0.591. The highest BCUT2D eigenvalue weighted by Gasteiger charge is 2.31. The average molecular weight is 923 g/mol. The zero-order valence-corrected chi connectivity index (χ0v) is 38.9. The lowest BCUT2D eigenvalue weighted by Crippen LogP contribution is -2.25. The van der Waals surface area contributed by atoms with Crippen molar-refractivity contribution in [1.29, 1.82) is 0 Å². The van der Waals surface area contributed by atoms with Crippen LogP contribution in [0, 0.1) is 0 Å². The smallest absolute Gasteiger partial charge is 0.172 e. The van der Waals surface area contributed by atoms with Crippen molar-refractivity contribution >= 4 is 106 Å². The summed E-state index contributed by atoms with van der Waals surface area (Å²) in [5, 5.41) is 11.2. The second kappa shape index (κ2) is 16.2. The minimum atomic E-state index is -3.19. The van der Waals surface area contributed by atoms with E-state index in [0.29, 0.717) is 5.30 Å². The van der Waals surface area contributed by atoms with Crippen molar-refractivity contribution in [2.75, 3.05) is 0 Å². The van der Waals surface area contributed by atoms with E-state index in [1.165, 1.54) is 10.8 Å². The minimum Gasteiger partial charge on any atom is -0.309 e. The maximum Gasteiger partial charge on any atom is 0.172 e. The van der Waals surface area contributed by atoms with Crippen LogP contribution < -0.4 is 31.8 Å². The highest BCUT2D eigenvalue weighted by molar-refractivity contribution is 7.85. The molecule has 69 heavy (non-hydrogen) atoms. The monoisotopic (exact) mass is 922 g/mol. The van der Waals surface area contributed by atoms with Gasteiger partial charge in [-0.2, -0.15) is 0 Å². The van der Waals surface area contributed by atoms with Gasteiger partial charge >= 0.3 is 0 Å². The first kappa shape index (κ1) is 41.0. The first-order valence-electron chi connectivity index (χ1n) is 22.9. The molecular weight excluding hydrogens is 883 g/mol. The SMILES string of the molecule is O=P(c1ccccc1)(c1ccccc1)c1ccc(-c2ccc3nc4c5ccc6ccccc6c5c5ccc(-c6cnc7cc(P(=O)(c8ccccc8)c8ccccc8)ccc7c6)cc5n4c3c2)nc1. The fraction of sp³-hybridized carbons (Fsp3) is 0. The molecule has 9 aromatic carbocycles. The lowest BCUT2D eigenvalue weighted by atomic mass is 9.96. The molecule has 0 amide bonds. The number of hydrogen-bond donors (Lipinski definition) is 0. The summed E-state index contributed by atoms with van der Waals surface area (Å²) in [7, 11) is -6.36. The number of nitrogens with zero attached hydrogens (tertiary/aromatic N) is 4. The molecule has 4 heterocycles. The van der Waals surface area contributed by atoms with E-state index < -0.39 is 14.3 Å². The molecule has 8 heteroatoms. The van der Waals surface area contributed by atoms with E-state index in [9.17, 15) is 0 Å². The van der Waals surface area contributed by atoms with Gasteiger partial charge in [0.15, 0.2) is 14.3 Å². The van der Waals surface area contributed by atoms with Crippen LogP contribution in [0.1, 0.15) is 0 Å². The zero-order chi connectivity index (χ0) is 46.1. The summed E-state index contributed by atoms with van der Waals surface area (Å²) in [5.74, 6) is 0. The molecule has 0 unspecified atom stereocenters. The Morgan fingerprint density at radius 3 is 1.57 bits per heavy atom. The van der Waals surface area contributed by atoms with Crippen molar-refractivity contribution in [2.45, 2.75) is 0 Å². The molecule has 0 aliphatic carbocycles. The standard InChI is InChI=1S/C61H40N4O2P2/c66-68(46-16-5-1-6-17-46,47-18-7-2-8-19-47)50-29-25-43-35-45(39-62-57(43)38-50)42-27-31-53-58(36-42)65-59-37-44(28-33-56(59)64-61(65)54-32-26-41-15-13-14-24-52(41)60(53)54)55-34-30-51(40-63-55)69(67,48-20-9-3-10-21-48)49-22-11-4-12-23-49/h1-40H. The Morgan fingerprint density at radius 2 is 0.913 bits per heavy atom. The number of hydrogen-bond acceptors (Lipinski definition) is 5. The van der Waals surface area contributed by atoms with Gasteiger partial charge in [0, 0.05) is 76.9 Å². The van der Waals surface area contributed by atoms with Crippen LogP contribution in [0.3, 0.4) is 0 Å². The van der Waals surface area contributed by atoms with Gasteiger partial charge in [0.1, 0.15) is 5.65 Å². The molecule has 6 nitrogen and oxygen atoms in total. The van der Waals surface area contributed by atoms with Crippen LogP contribution in [0.4, 0.5) is 0 Å². The summed E-state index contributed by atoms with van der Waals surface area (Å²) in [4.78, 5) is 15.3. The van der Waals surface area contributed by atoms with E-state index in [0.717, 1.165) is 98.2 Å². The third kappa shape index (κ3) is 6.60. The van der Waals surface area contributed by atoms with E-state index in [1.54, 1.807) is 6.20 Å². The predicted octanol–water partition coefficient (Wildman–Crippen LogP) is 12.5. The molecule has 0 aliphatic rings. The molecule has 0 saturated carbocycles. The fourth-order valence-electron chi connectivity index (χ4n) is 10.2. The summed E-state index contributed by atoms with van der Waals surface area (Å²) in [5.41, 5.74) is 8.16. The molecule has 0 bridgehead atoms. The van der Waals surface area contributed by atoms with Crippen LogP contribution in [0.2, 0.25) is 0 Å². The number of imidazole rings is 1. The van der Waals surface area contributed by atoms with Gasteiger partial charge in [-0.05, 0) is 64.9 Å². The van der Waals surface area contributed by atoms with Gasteiger partial charge < -0.3 is 9.13 Å². The molecule has 0 saturated heterocycles. The lowest BCUT2D eigenvalue weighted by Gasteiger charge is -2.20. The van der Waals surface area contributed by atoms with Crippen molar-refractivity contribution < 1.29 is 9.13 Å². The zero-order valence-electron chi connectivity index (χ0n) is 37.1. The van der Waals surface area contributed by atoms with Crippen LogP contribution in [0.5, 0.6) is 0 Å². The topological polar surface area (TPSA) is 77.2 Å². The fourth-order valence-corrected chi connectivity index (χ4v) is 15.4. The van der Waals surface area contributed by atoms with Crippen LogP contribution in [-0.4, -0.2) is 19.4 Å². The van der Waals surface area contributed by atoms with E-state index in [4.69, 9.17) is 15.0 Å². The van der Waals surface area contributed by atoms with Gasteiger partial charge in [-0.1, -0.05) is 182 Å². The van der Waals surface area contributed by atoms with Crippen molar-refractivity contribution in [3.63, 3.8) is 0 Å². The highest BCUT2D eigenvalue weighted by atomic mass is 31.2. The summed E-state index contributed by atoms with van der Waals surface area (Å²) in [6, 6.07) is 76.9. The van der Waals surface area contributed by atoms with Crippen LogP contribution >= 0.6 is 14.3 Å². The van der Waals surface area contributed by atoms with Crippen molar-refractivity contribution in [3.8, 4) is 22.4 Å². The number of benzene rings is 9. The largest absolute Gasteiger partial charge is 0.309 e. The van der Waals surface area contributed by atoms with E-state index in [1.807, 2.05) is 158 Å². The van der Waals surface area contributed by atoms with Gasteiger partial charge in [-0.25, -0.2) is 4.98 Å². The predicted molar refractivity (Wildman–Crippen MR) is 288 cm³/mol. The highest BCUT2D eigenvalue weighted by Crippen LogP contribution is 2.45. The molecule has 13 rings (SSSR count). The third-order valence-electron chi connectivity index (χ3n) is 13.6. The van der Waals surface area contributed by atoms with Crippen molar-refractivity contribution in [1.82, 2.24) is 19.4 Å². The number of rotatable bonds is 8. The Kier molecular flexibility index (Phi) is 9.62. The van der Waals surface area contributed by atoms with Gasteiger partial charge in [-0.3, -0.25) is 14.4 Å². The Balaban J connectivity index is 0.960. The summed E-state index contributed by atoms with van der Waals surface area (Å²) >= 11 is 0. The van der Waals surface area contributed by atoms with Gasteiger partial charge in [0.05, 0.1) is 27.8 Å². The quantitative estimate of drug-likeness (QED) is 0.112. The molecule has 13 aromatic rings. The number of aromatic nitrogens is 4. The second-order valence-electron chi connectivity index (χ2n) is 17.5. The van der Waals surface area contributed by atoms with Crippen molar-refractivity contribution in [2.24, 2.45) is 0 Å². The molecule has 0 radical (unpaired) electrons. The van der Waals surface area contributed by atoms with E-state index >= 15 is 9.13 Å². The van der Waals surface area contributed by atoms with Gasteiger partial charge in [0.25, 0.3) is 0 Å². The minimum absolute atomic E-state index is 0.680. The first-order chi connectivity index (χ1) is 33.9. The Hall–Kier alpha value is -8.27. The third-order valence-corrected chi connectivity index (χ3v) is 19.7. The van der Waals surface area contributed by atoms with Crippen LogP contribution in [0.25, 0.3) is 82.4 Å². The Bertz CT molecular complexity index is 4150. The van der Waals surface area contributed by atoms with Crippen LogP contribution in [0.15, 0.2) is 243 Å². The summed E-state index contributed by atoms with van der Waals surface area (Å²) in [6.07, 6.45) is 3.70. The Morgan fingerprint density at radius 1 is 0.348 bits per heavy atom. The molecule has 4 aromatic heterocycles. The van der Waals surface area contributed by atoms with Crippen LogP contribution in [-0.2, 0) is 9.13 Å². The van der Waals surface area contributed by atoms with Crippen molar-refractivity contribution in [3.05, 3.63) is 243 Å². The molecule has 326 valence electrons. The maximum absolute atomic E-state index is 15.2. The second-order valence-corrected chi connectivity index (χ2v) is 23.0. The normalized spacial score (nSPS) is 12.2. The van der Waals surface area contributed by atoms with Gasteiger partial charge in [0.2, 0.25) is 0 Å². The average Bonchev–Trinajstić information content (AvgIpc) is 3.82. The molecule has 0 N–H and O–H groups in total. The number of pyridine rings is 3. The summed E-state index contributed by atoms with van der Waals surface area (Å²) in [6.45, 7) is 0. The molecular formula is C61H40N4O2P2. The molecule has 0 atom stereocenters. The molecule has 0 aliphatic heterocycles. The molecule has 0 spiro atoms. The maximum atomic E-state index is 15.2.